The highest BCUT2D eigenvalue weighted by molar-refractivity contribution is 5.97. The maximum Gasteiger partial charge on any atom is 0.251 e. The average molecular weight is 280 g/mol. The van der Waals surface area contributed by atoms with Crippen molar-refractivity contribution in [2.75, 3.05) is 5.73 Å². The van der Waals surface area contributed by atoms with Gasteiger partial charge in [-0.25, -0.2) is 0 Å². The molecule has 0 saturated carbocycles. The van der Waals surface area contributed by atoms with Gasteiger partial charge in [0.05, 0.1) is 0 Å². The van der Waals surface area contributed by atoms with Gasteiger partial charge in [-0.05, 0) is 55.0 Å². The third-order valence-electron chi connectivity index (χ3n) is 4.30. The number of carbonyl (C=O) groups excluding carboxylic acids is 1. The highest BCUT2D eigenvalue weighted by Gasteiger charge is 2.21. The van der Waals surface area contributed by atoms with E-state index in [-0.39, 0.29) is 11.9 Å². The molecule has 1 amide bonds. The Labute approximate surface area is 125 Å². The van der Waals surface area contributed by atoms with E-state index in [1.54, 1.807) is 0 Å². The number of anilines is 1. The number of hydrogen-bond donors (Lipinski definition) is 2. The molecule has 0 saturated heterocycles. The molecule has 3 nitrogen and oxygen atoms in total. The van der Waals surface area contributed by atoms with Crippen molar-refractivity contribution in [3.8, 4) is 0 Å². The first-order valence-corrected chi connectivity index (χ1v) is 7.38. The third-order valence-corrected chi connectivity index (χ3v) is 4.30. The van der Waals surface area contributed by atoms with Crippen molar-refractivity contribution in [3.05, 3.63) is 64.7 Å². The van der Waals surface area contributed by atoms with Gasteiger partial charge in [-0.2, -0.15) is 0 Å². The molecular weight excluding hydrogens is 260 g/mol. The molecule has 3 heteroatoms. The maximum absolute atomic E-state index is 12.4. The molecular formula is C18H20N2O. The second kappa shape index (κ2) is 5.60. The van der Waals surface area contributed by atoms with E-state index in [1.165, 1.54) is 11.1 Å². The van der Waals surface area contributed by atoms with Gasteiger partial charge in [-0.3, -0.25) is 4.79 Å². The van der Waals surface area contributed by atoms with Crippen LogP contribution in [0.2, 0.25) is 0 Å². The number of amides is 1. The van der Waals surface area contributed by atoms with Crippen LogP contribution < -0.4 is 11.1 Å². The summed E-state index contributed by atoms with van der Waals surface area (Å²) in [4.78, 5) is 12.4. The fraction of sp³-hybridized carbons (Fsp3) is 0.278. The van der Waals surface area contributed by atoms with Crippen LogP contribution in [0.5, 0.6) is 0 Å². The lowest BCUT2D eigenvalue weighted by Gasteiger charge is -2.25. The number of benzene rings is 2. The number of rotatable bonds is 2. The van der Waals surface area contributed by atoms with Crippen LogP contribution in [0.4, 0.5) is 5.69 Å². The highest BCUT2D eigenvalue weighted by Crippen LogP contribution is 2.22. The first-order chi connectivity index (χ1) is 10.1. The largest absolute Gasteiger partial charge is 0.398 e. The zero-order chi connectivity index (χ0) is 14.8. The molecule has 1 aliphatic rings. The van der Waals surface area contributed by atoms with Crippen molar-refractivity contribution in [3.63, 3.8) is 0 Å². The topological polar surface area (TPSA) is 55.1 Å². The molecule has 2 aromatic carbocycles. The van der Waals surface area contributed by atoms with Crippen LogP contribution in [0.25, 0.3) is 0 Å². The molecule has 21 heavy (non-hydrogen) atoms. The molecule has 0 bridgehead atoms. The van der Waals surface area contributed by atoms with Gasteiger partial charge in [0.25, 0.3) is 5.91 Å². The molecule has 0 fully saturated rings. The molecule has 108 valence electrons. The first-order valence-electron chi connectivity index (χ1n) is 7.38. The van der Waals surface area contributed by atoms with E-state index in [1.807, 2.05) is 25.1 Å². The Morgan fingerprint density at radius 1 is 1.14 bits per heavy atom. The van der Waals surface area contributed by atoms with Crippen LogP contribution in [0, 0.1) is 6.92 Å². The summed E-state index contributed by atoms with van der Waals surface area (Å²) in [5, 5.41) is 3.15. The number of fused-ring (bicyclic) bond motifs is 1. The van der Waals surface area contributed by atoms with Crippen molar-refractivity contribution < 1.29 is 4.79 Å². The monoisotopic (exact) mass is 280 g/mol. The zero-order valence-corrected chi connectivity index (χ0v) is 12.2. The molecule has 0 radical (unpaired) electrons. The summed E-state index contributed by atoms with van der Waals surface area (Å²) in [5.74, 6) is -0.0239. The smallest absolute Gasteiger partial charge is 0.251 e. The van der Waals surface area contributed by atoms with Crippen molar-refractivity contribution in [1.82, 2.24) is 5.32 Å². The van der Waals surface area contributed by atoms with Gasteiger partial charge < -0.3 is 11.1 Å². The van der Waals surface area contributed by atoms with E-state index in [0.29, 0.717) is 11.3 Å². The summed E-state index contributed by atoms with van der Waals surface area (Å²) in [6.07, 6.45) is 2.92. The van der Waals surface area contributed by atoms with Crippen LogP contribution in [-0.4, -0.2) is 11.9 Å². The van der Waals surface area contributed by atoms with Crippen LogP contribution in [0.15, 0.2) is 42.5 Å². The second-order valence-electron chi connectivity index (χ2n) is 5.70. The fourth-order valence-corrected chi connectivity index (χ4v) is 2.98. The van der Waals surface area contributed by atoms with Gasteiger partial charge in [0.2, 0.25) is 0 Å². The standard InChI is InChI=1S/C18H20N2O/c1-12-16(7-4-8-17(12)19)18(21)20-15-10-9-13-5-2-3-6-14(13)11-15/h2-8,15H,9-11,19H2,1H3,(H,20,21). The SMILES string of the molecule is Cc1c(N)cccc1C(=O)NC1CCc2ccccc2C1. The second-order valence-corrected chi connectivity index (χ2v) is 5.70. The molecule has 2 aromatic rings. The quantitative estimate of drug-likeness (QED) is 0.831. The molecule has 1 unspecified atom stereocenters. The molecule has 0 aromatic heterocycles. The van der Waals surface area contributed by atoms with E-state index < -0.39 is 0 Å². The molecule has 0 aliphatic heterocycles. The van der Waals surface area contributed by atoms with Gasteiger partial charge in [-0.1, -0.05) is 30.3 Å². The van der Waals surface area contributed by atoms with Crippen molar-refractivity contribution in [2.45, 2.75) is 32.2 Å². The normalized spacial score (nSPS) is 17.1. The van der Waals surface area contributed by atoms with E-state index in [2.05, 4.69) is 29.6 Å². The lowest BCUT2D eigenvalue weighted by Crippen LogP contribution is -2.39. The number of nitrogens with one attached hydrogen (secondary N) is 1. The molecule has 3 N–H and O–H groups in total. The number of nitrogens with two attached hydrogens (primary N) is 1. The van der Waals surface area contributed by atoms with E-state index in [0.717, 1.165) is 24.8 Å². The summed E-state index contributed by atoms with van der Waals surface area (Å²) in [5.41, 5.74) is 10.8. The van der Waals surface area contributed by atoms with E-state index in [4.69, 9.17) is 5.73 Å². The fourth-order valence-electron chi connectivity index (χ4n) is 2.98. The number of carbonyl (C=O) groups is 1. The number of aryl methyl sites for hydroxylation is 1. The lowest BCUT2D eigenvalue weighted by atomic mass is 9.88. The van der Waals surface area contributed by atoms with Crippen LogP contribution in [0.1, 0.15) is 33.5 Å². The van der Waals surface area contributed by atoms with Crippen LogP contribution in [-0.2, 0) is 12.8 Å². The summed E-state index contributed by atoms with van der Waals surface area (Å²) in [6.45, 7) is 1.89. The Morgan fingerprint density at radius 3 is 2.71 bits per heavy atom. The summed E-state index contributed by atoms with van der Waals surface area (Å²) >= 11 is 0. The Hall–Kier alpha value is -2.29. The van der Waals surface area contributed by atoms with Gasteiger partial charge in [0.15, 0.2) is 0 Å². The Balaban J connectivity index is 1.73. The van der Waals surface area contributed by atoms with Gasteiger partial charge >= 0.3 is 0 Å². The number of nitrogen functional groups attached to an aromatic ring is 1. The summed E-state index contributed by atoms with van der Waals surface area (Å²) < 4.78 is 0. The molecule has 0 spiro atoms. The van der Waals surface area contributed by atoms with Crippen LogP contribution in [0.3, 0.4) is 0 Å². The highest BCUT2D eigenvalue weighted by atomic mass is 16.1. The van der Waals surface area contributed by atoms with Gasteiger partial charge in [0, 0.05) is 17.3 Å². The Morgan fingerprint density at radius 2 is 1.90 bits per heavy atom. The first kappa shape index (κ1) is 13.7. The lowest BCUT2D eigenvalue weighted by molar-refractivity contribution is 0.0933. The average Bonchev–Trinajstić information content (AvgIpc) is 2.50. The van der Waals surface area contributed by atoms with Crippen molar-refractivity contribution in [2.24, 2.45) is 0 Å². The molecule has 3 rings (SSSR count). The van der Waals surface area contributed by atoms with E-state index >= 15 is 0 Å². The van der Waals surface area contributed by atoms with E-state index in [9.17, 15) is 4.79 Å². The molecule has 0 heterocycles. The zero-order valence-electron chi connectivity index (χ0n) is 12.2. The minimum Gasteiger partial charge on any atom is -0.398 e. The van der Waals surface area contributed by atoms with Crippen molar-refractivity contribution >= 4 is 11.6 Å². The predicted octanol–water partition coefficient (Wildman–Crippen LogP) is 2.86. The predicted molar refractivity (Wildman–Crippen MR) is 85.3 cm³/mol. The van der Waals surface area contributed by atoms with Gasteiger partial charge in [0.1, 0.15) is 0 Å². The summed E-state index contributed by atoms with van der Waals surface area (Å²) in [6, 6.07) is 14.1. The maximum atomic E-state index is 12.4. The summed E-state index contributed by atoms with van der Waals surface area (Å²) in [7, 11) is 0. The molecule has 1 aliphatic carbocycles. The van der Waals surface area contributed by atoms with Gasteiger partial charge in [-0.15, -0.1) is 0 Å². The van der Waals surface area contributed by atoms with Crippen LogP contribution >= 0.6 is 0 Å². The van der Waals surface area contributed by atoms with Crippen molar-refractivity contribution in [1.29, 1.82) is 0 Å². The Bertz CT molecular complexity index is 679. The minimum absolute atomic E-state index is 0.0239. The minimum atomic E-state index is -0.0239. The third kappa shape index (κ3) is 2.77. The number of hydrogen-bond acceptors (Lipinski definition) is 2. The Kier molecular flexibility index (Phi) is 3.65. The molecule has 1 atom stereocenters.